The topological polar surface area (TPSA) is 95.1 Å². The van der Waals surface area contributed by atoms with Crippen molar-refractivity contribution in [3.63, 3.8) is 0 Å². The molecule has 39 heavy (non-hydrogen) atoms. The molecule has 1 aromatic carbocycles. The van der Waals surface area contributed by atoms with E-state index in [1.807, 2.05) is 37.2 Å². The molecule has 10 nitrogen and oxygen atoms in total. The van der Waals surface area contributed by atoms with Gasteiger partial charge in [-0.2, -0.15) is 0 Å². The van der Waals surface area contributed by atoms with Gasteiger partial charge in [0.1, 0.15) is 5.82 Å². The summed E-state index contributed by atoms with van der Waals surface area (Å²) < 4.78 is 11.9. The van der Waals surface area contributed by atoms with Crippen LogP contribution in [0, 0.1) is 0 Å². The number of rotatable bonds is 13. The zero-order valence-corrected chi connectivity index (χ0v) is 24.0. The van der Waals surface area contributed by atoms with Crippen molar-refractivity contribution in [3.8, 4) is 11.5 Å². The van der Waals surface area contributed by atoms with Crippen LogP contribution in [0.1, 0.15) is 37.9 Å². The number of hydrogen-bond acceptors (Lipinski definition) is 9. The lowest BCUT2D eigenvalue weighted by Gasteiger charge is -2.30. The Morgan fingerprint density at radius 2 is 1.90 bits per heavy atom. The first-order valence-electron chi connectivity index (χ1n) is 14.2. The van der Waals surface area contributed by atoms with Gasteiger partial charge in [0.2, 0.25) is 5.91 Å². The lowest BCUT2D eigenvalue weighted by molar-refractivity contribution is -0.116. The predicted molar refractivity (Wildman–Crippen MR) is 156 cm³/mol. The molecule has 0 bridgehead atoms. The van der Waals surface area contributed by atoms with E-state index in [1.54, 1.807) is 13.2 Å². The third kappa shape index (κ3) is 8.78. The predicted octanol–water partition coefficient (Wildman–Crippen LogP) is 2.74. The normalized spacial score (nSPS) is 17.4. The molecule has 2 aliphatic rings. The van der Waals surface area contributed by atoms with Crippen LogP contribution in [0.25, 0.3) is 10.9 Å². The van der Waals surface area contributed by atoms with Crippen LogP contribution >= 0.6 is 0 Å². The molecule has 2 saturated heterocycles. The van der Waals surface area contributed by atoms with E-state index >= 15 is 0 Å². The highest BCUT2D eigenvalue weighted by molar-refractivity contribution is 5.92. The van der Waals surface area contributed by atoms with Crippen molar-refractivity contribution in [3.05, 3.63) is 30.1 Å². The first-order valence-corrected chi connectivity index (χ1v) is 14.2. The maximum absolute atomic E-state index is 12.3. The molecular formula is C29H45N7O3. The number of carbonyl (C=O) groups is 1. The van der Waals surface area contributed by atoms with Gasteiger partial charge in [0.15, 0.2) is 17.3 Å². The standard InChI is InChI=1S/C29H45N7O3/c1-34(2)12-7-9-28(37)30-21-27-32-24-20-26(39-18-8-15-36-13-5-6-14-36)25(38-4)19-23(24)29(33-27)31-22-10-16-35(3)17-11-22/h7,9,19-20,22H,5-6,8,10-18,21H2,1-4H3,(H,30,37)(H,31,32,33)/b9-7+. The molecule has 0 saturated carbocycles. The van der Waals surface area contributed by atoms with E-state index < -0.39 is 0 Å². The molecule has 0 unspecified atom stereocenters. The van der Waals surface area contributed by atoms with Gasteiger partial charge < -0.3 is 34.8 Å². The second-order valence-corrected chi connectivity index (χ2v) is 10.9. The molecule has 0 spiro atoms. The first kappa shape index (κ1) is 29.0. The number of nitrogens with zero attached hydrogens (tertiary/aromatic N) is 5. The maximum Gasteiger partial charge on any atom is 0.244 e. The van der Waals surface area contributed by atoms with E-state index in [-0.39, 0.29) is 12.5 Å². The van der Waals surface area contributed by atoms with Gasteiger partial charge in [-0.25, -0.2) is 9.97 Å². The van der Waals surface area contributed by atoms with E-state index in [4.69, 9.17) is 19.4 Å². The van der Waals surface area contributed by atoms with E-state index in [0.29, 0.717) is 36.5 Å². The second kappa shape index (κ2) is 14.4. The zero-order chi connectivity index (χ0) is 27.6. The SMILES string of the molecule is COc1cc2c(NC3CCN(C)CC3)nc(CNC(=O)/C=C/CN(C)C)nc2cc1OCCCN1CCCC1. The fraction of sp³-hybridized carbons (Fsp3) is 0.621. The van der Waals surface area contributed by atoms with Gasteiger partial charge in [0.05, 0.1) is 25.8 Å². The lowest BCUT2D eigenvalue weighted by Crippen LogP contribution is -2.37. The zero-order valence-electron chi connectivity index (χ0n) is 24.0. The van der Waals surface area contributed by atoms with Gasteiger partial charge in [0, 0.05) is 36.7 Å². The summed E-state index contributed by atoms with van der Waals surface area (Å²) in [4.78, 5) is 28.8. The number of aromatic nitrogens is 2. The van der Waals surface area contributed by atoms with Crippen LogP contribution in [0.2, 0.25) is 0 Å². The molecule has 0 atom stereocenters. The monoisotopic (exact) mass is 539 g/mol. The Balaban J connectivity index is 1.52. The highest BCUT2D eigenvalue weighted by Gasteiger charge is 2.20. The van der Waals surface area contributed by atoms with Crippen LogP contribution < -0.4 is 20.1 Å². The summed E-state index contributed by atoms with van der Waals surface area (Å²) in [5, 5.41) is 7.46. The van der Waals surface area contributed by atoms with Crippen LogP contribution in [0.5, 0.6) is 11.5 Å². The summed E-state index contributed by atoms with van der Waals surface area (Å²) in [6.07, 6.45) is 9.03. The molecule has 1 aromatic heterocycles. The quantitative estimate of drug-likeness (QED) is 0.294. The highest BCUT2D eigenvalue weighted by Crippen LogP contribution is 2.35. The fourth-order valence-electron chi connectivity index (χ4n) is 5.06. The Morgan fingerprint density at radius 3 is 2.62 bits per heavy atom. The van der Waals surface area contributed by atoms with Crippen LogP contribution in [0.15, 0.2) is 24.3 Å². The molecule has 10 heteroatoms. The highest BCUT2D eigenvalue weighted by atomic mass is 16.5. The van der Waals surface area contributed by atoms with E-state index in [9.17, 15) is 4.79 Å². The Hall–Kier alpha value is -2.95. The molecule has 214 valence electrons. The molecule has 1 amide bonds. The van der Waals surface area contributed by atoms with E-state index in [0.717, 1.165) is 55.6 Å². The third-order valence-electron chi connectivity index (χ3n) is 7.32. The van der Waals surface area contributed by atoms with E-state index in [2.05, 4.69) is 27.5 Å². The summed E-state index contributed by atoms with van der Waals surface area (Å²) >= 11 is 0. The molecule has 2 N–H and O–H groups in total. The smallest absolute Gasteiger partial charge is 0.244 e. The summed E-state index contributed by atoms with van der Waals surface area (Å²) in [7, 11) is 7.74. The van der Waals surface area contributed by atoms with Crippen molar-refractivity contribution >= 4 is 22.6 Å². The summed E-state index contributed by atoms with van der Waals surface area (Å²) in [5.74, 6) is 2.50. The van der Waals surface area contributed by atoms with Crippen LogP contribution in [0.4, 0.5) is 5.82 Å². The molecule has 2 fully saturated rings. The second-order valence-electron chi connectivity index (χ2n) is 10.9. The molecule has 2 aliphatic heterocycles. The van der Waals surface area contributed by atoms with Crippen molar-refractivity contribution in [2.24, 2.45) is 0 Å². The number of likely N-dealkylation sites (tertiary alicyclic amines) is 2. The van der Waals surface area contributed by atoms with Crippen LogP contribution in [-0.4, -0.2) is 111 Å². The summed E-state index contributed by atoms with van der Waals surface area (Å²) in [6.45, 7) is 7.07. The number of methoxy groups -OCH3 is 1. The van der Waals surface area contributed by atoms with Crippen molar-refractivity contribution in [2.45, 2.75) is 44.7 Å². The van der Waals surface area contributed by atoms with Gasteiger partial charge in [-0.1, -0.05) is 6.08 Å². The largest absolute Gasteiger partial charge is 0.493 e. The van der Waals surface area contributed by atoms with E-state index in [1.165, 1.54) is 25.9 Å². The fourth-order valence-corrected chi connectivity index (χ4v) is 5.06. The van der Waals surface area contributed by atoms with Crippen molar-refractivity contribution in [1.82, 2.24) is 30.0 Å². The van der Waals surface area contributed by atoms with Crippen LogP contribution in [-0.2, 0) is 11.3 Å². The number of likely N-dealkylation sites (N-methyl/N-ethyl adjacent to an activating group) is 1. The van der Waals surface area contributed by atoms with Crippen molar-refractivity contribution < 1.29 is 14.3 Å². The average molecular weight is 540 g/mol. The molecule has 0 radical (unpaired) electrons. The van der Waals surface area contributed by atoms with Crippen molar-refractivity contribution in [2.75, 3.05) is 79.4 Å². The molecule has 4 rings (SSSR count). The number of anilines is 1. The van der Waals surface area contributed by atoms with Crippen LogP contribution in [0.3, 0.4) is 0 Å². The number of amides is 1. The minimum absolute atomic E-state index is 0.165. The summed E-state index contributed by atoms with van der Waals surface area (Å²) in [6, 6.07) is 4.23. The summed E-state index contributed by atoms with van der Waals surface area (Å²) in [5.41, 5.74) is 0.767. The lowest BCUT2D eigenvalue weighted by atomic mass is 10.1. The number of ether oxygens (including phenoxy) is 2. The molecular weight excluding hydrogens is 494 g/mol. The minimum atomic E-state index is -0.165. The molecule has 0 aliphatic carbocycles. The number of fused-ring (bicyclic) bond motifs is 1. The number of carbonyl (C=O) groups excluding carboxylic acids is 1. The first-order chi connectivity index (χ1) is 18.9. The molecule has 2 aromatic rings. The Kier molecular flexibility index (Phi) is 10.8. The van der Waals surface area contributed by atoms with Gasteiger partial charge in [0.25, 0.3) is 0 Å². The van der Waals surface area contributed by atoms with Gasteiger partial charge in [-0.15, -0.1) is 0 Å². The third-order valence-corrected chi connectivity index (χ3v) is 7.32. The number of piperidine rings is 1. The number of benzene rings is 1. The number of nitrogens with one attached hydrogen (secondary N) is 2. The average Bonchev–Trinajstić information content (AvgIpc) is 3.44. The molecule has 3 heterocycles. The Bertz CT molecular complexity index is 1110. The Labute approximate surface area is 232 Å². The van der Waals surface area contributed by atoms with Gasteiger partial charge in [-0.3, -0.25) is 4.79 Å². The Morgan fingerprint density at radius 1 is 1.13 bits per heavy atom. The van der Waals surface area contributed by atoms with Crippen molar-refractivity contribution in [1.29, 1.82) is 0 Å². The number of hydrogen-bond donors (Lipinski definition) is 2. The van der Waals surface area contributed by atoms with Gasteiger partial charge in [-0.05, 0) is 85.5 Å². The van der Waals surface area contributed by atoms with Gasteiger partial charge >= 0.3 is 0 Å². The maximum atomic E-state index is 12.3. The minimum Gasteiger partial charge on any atom is -0.493 e.